The van der Waals surface area contributed by atoms with Crippen LogP contribution >= 0.6 is 54.5 Å². The zero-order valence-corrected chi connectivity index (χ0v) is 19.8. The third kappa shape index (κ3) is 5.12. The lowest BCUT2D eigenvalue weighted by atomic mass is 10.1. The lowest BCUT2D eigenvalue weighted by molar-refractivity contribution is 0.541. The summed E-state index contributed by atoms with van der Waals surface area (Å²) in [6.07, 6.45) is 13.9. The standard InChI is InChI=1S/C20H27Br2NS2/c1-2-3-4-5-6-7-8-9-10-11-12-23-15-13-17(21)24-19(15)20-16(23)14-18(22)25-20/h13-14H,2-12H2,1H3. The maximum atomic E-state index is 3.66. The van der Waals surface area contributed by atoms with Gasteiger partial charge in [-0.05, 0) is 50.4 Å². The number of aryl methyl sites for hydroxylation is 1. The molecule has 0 spiro atoms. The first-order valence-electron chi connectivity index (χ1n) is 9.57. The Morgan fingerprint density at radius 2 is 1.16 bits per heavy atom. The topological polar surface area (TPSA) is 4.93 Å². The van der Waals surface area contributed by atoms with Crippen molar-refractivity contribution in [3.63, 3.8) is 0 Å². The molecule has 0 fully saturated rings. The SMILES string of the molecule is CCCCCCCCCCCCn1c2cc(Br)sc2c2sc(Br)cc21. The van der Waals surface area contributed by atoms with Crippen LogP contribution in [0.4, 0.5) is 0 Å². The molecule has 0 aliphatic carbocycles. The summed E-state index contributed by atoms with van der Waals surface area (Å²) in [5.74, 6) is 0. The number of hydrogen-bond donors (Lipinski definition) is 0. The zero-order valence-electron chi connectivity index (χ0n) is 15.0. The highest BCUT2D eigenvalue weighted by Crippen LogP contribution is 2.43. The molecule has 0 unspecified atom stereocenters. The van der Waals surface area contributed by atoms with E-state index in [-0.39, 0.29) is 0 Å². The highest BCUT2D eigenvalue weighted by Gasteiger charge is 2.16. The van der Waals surface area contributed by atoms with Crippen LogP contribution < -0.4 is 0 Å². The second-order valence-electron chi connectivity index (χ2n) is 6.86. The van der Waals surface area contributed by atoms with Crippen LogP contribution in [0.25, 0.3) is 20.4 Å². The van der Waals surface area contributed by atoms with E-state index in [2.05, 4.69) is 55.5 Å². The third-order valence-electron chi connectivity index (χ3n) is 4.89. The number of nitrogens with zero attached hydrogens (tertiary/aromatic N) is 1. The van der Waals surface area contributed by atoms with Gasteiger partial charge in [0.15, 0.2) is 0 Å². The van der Waals surface area contributed by atoms with Gasteiger partial charge in [-0.3, -0.25) is 0 Å². The molecule has 0 bridgehead atoms. The van der Waals surface area contributed by atoms with E-state index < -0.39 is 0 Å². The molecule has 0 saturated heterocycles. The molecule has 3 aromatic rings. The number of unbranched alkanes of at least 4 members (excludes halogenated alkanes) is 9. The molecular formula is C20H27Br2NS2. The molecule has 0 aliphatic heterocycles. The molecule has 3 rings (SSSR count). The van der Waals surface area contributed by atoms with Gasteiger partial charge in [-0.1, -0.05) is 64.7 Å². The number of rotatable bonds is 11. The quantitative estimate of drug-likeness (QED) is 0.229. The number of fused-ring (bicyclic) bond motifs is 3. The van der Waals surface area contributed by atoms with Crippen LogP contribution in [0.3, 0.4) is 0 Å². The summed E-state index contributed by atoms with van der Waals surface area (Å²) in [6, 6.07) is 4.58. The van der Waals surface area contributed by atoms with E-state index in [1.165, 1.54) is 92.2 Å². The van der Waals surface area contributed by atoms with E-state index in [1.54, 1.807) is 0 Å². The van der Waals surface area contributed by atoms with Gasteiger partial charge in [-0.15, -0.1) is 22.7 Å². The Kier molecular flexibility index (Phi) is 7.89. The normalized spacial score (nSPS) is 12.0. The van der Waals surface area contributed by atoms with Gasteiger partial charge in [0.05, 0.1) is 28.0 Å². The molecule has 0 amide bonds. The summed E-state index contributed by atoms with van der Waals surface area (Å²) < 4.78 is 7.87. The predicted octanol–water partition coefficient (Wildman–Crippen LogP) is 9.36. The van der Waals surface area contributed by atoms with Crippen LogP contribution in [-0.4, -0.2) is 4.57 Å². The summed E-state index contributed by atoms with van der Waals surface area (Å²) >= 11 is 11.0. The van der Waals surface area contributed by atoms with Crippen molar-refractivity contribution in [1.82, 2.24) is 4.57 Å². The van der Waals surface area contributed by atoms with Gasteiger partial charge in [-0.2, -0.15) is 0 Å². The van der Waals surface area contributed by atoms with Crippen molar-refractivity contribution in [2.45, 2.75) is 77.7 Å². The minimum atomic E-state index is 1.14. The van der Waals surface area contributed by atoms with Gasteiger partial charge in [-0.25, -0.2) is 0 Å². The lowest BCUT2D eigenvalue weighted by Gasteiger charge is -2.06. The van der Waals surface area contributed by atoms with Crippen molar-refractivity contribution in [3.05, 3.63) is 19.7 Å². The Bertz CT molecular complexity index is 746. The molecule has 0 N–H and O–H groups in total. The maximum Gasteiger partial charge on any atom is 0.0726 e. The van der Waals surface area contributed by atoms with Gasteiger partial charge in [0.2, 0.25) is 0 Å². The fourth-order valence-electron chi connectivity index (χ4n) is 3.56. The molecule has 0 aromatic carbocycles. The molecule has 0 radical (unpaired) electrons. The lowest BCUT2D eigenvalue weighted by Crippen LogP contribution is -1.96. The predicted molar refractivity (Wildman–Crippen MR) is 122 cm³/mol. The second-order valence-corrected chi connectivity index (χ2v) is 11.7. The maximum absolute atomic E-state index is 3.66. The molecular weight excluding hydrogens is 478 g/mol. The fourth-order valence-corrected chi connectivity index (χ4v) is 6.89. The molecule has 1 nitrogen and oxygen atoms in total. The van der Waals surface area contributed by atoms with E-state index in [0.717, 1.165) is 6.54 Å². The number of halogens is 2. The summed E-state index contributed by atoms with van der Waals surface area (Å²) in [4.78, 5) is 0. The fraction of sp³-hybridized carbons (Fsp3) is 0.600. The minimum absolute atomic E-state index is 1.14. The van der Waals surface area contributed by atoms with E-state index in [0.29, 0.717) is 0 Å². The molecule has 0 atom stereocenters. The summed E-state index contributed by atoms with van der Waals surface area (Å²) in [5, 5.41) is 0. The smallest absolute Gasteiger partial charge is 0.0726 e. The Morgan fingerprint density at radius 3 is 1.64 bits per heavy atom. The number of aromatic nitrogens is 1. The average Bonchev–Trinajstić information content (AvgIpc) is 3.21. The van der Waals surface area contributed by atoms with Crippen LogP contribution in [0.1, 0.15) is 71.1 Å². The van der Waals surface area contributed by atoms with Crippen LogP contribution in [0, 0.1) is 0 Å². The van der Waals surface area contributed by atoms with Crippen LogP contribution in [0.15, 0.2) is 19.7 Å². The minimum Gasteiger partial charge on any atom is -0.339 e. The largest absolute Gasteiger partial charge is 0.339 e. The first kappa shape index (κ1) is 19.9. The summed E-state index contributed by atoms with van der Waals surface area (Å²) in [6.45, 7) is 3.43. The second kappa shape index (κ2) is 9.91. The molecule has 0 saturated carbocycles. The number of thiophene rings is 2. The van der Waals surface area contributed by atoms with E-state index in [1.807, 2.05) is 22.7 Å². The van der Waals surface area contributed by atoms with Gasteiger partial charge < -0.3 is 4.57 Å². The molecule has 25 heavy (non-hydrogen) atoms. The van der Waals surface area contributed by atoms with Crippen molar-refractivity contribution in [2.24, 2.45) is 0 Å². The summed E-state index contributed by atoms with van der Waals surface area (Å²) in [7, 11) is 0. The van der Waals surface area contributed by atoms with E-state index in [4.69, 9.17) is 0 Å². The van der Waals surface area contributed by atoms with Crippen LogP contribution in [0.5, 0.6) is 0 Å². The first-order chi connectivity index (χ1) is 12.2. The average molecular weight is 505 g/mol. The Labute approximate surface area is 176 Å². The van der Waals surface area contributed by atoms with E-state index >= 15 is 0 Å². The Morgan fingerprint density at radius 1 is 0.720 bits per heavy atom. The number of hydrogen-bond acceptors (Lipinski definition) is 2. The van der Waals surface area contributed by atoms with Crippen LogP contribution in [-0.2, 0) is 6.54 Å². The highest BCUT2D eigenvalue weighted by atomic mass is 79.9. The van der Waals surface area contributed by atoms with Gasteiger partial charge in [0.1, 0.15) is 0 Å². The monoisotopic (exact) mass is 503 g/mol. The van der Waals surface area contributed by atoms with Crippen molar-refractivity contribution in [2.75, 3.05) is 0 Å². The van der Waals surface area contributed by atoms with E-state index in [9.17, 15) is 0 Å². The van der Waals surface area contributed by atoms with Crippen LogP contribution in [0.2, 0.25) is 0 Å². The molecule has 3 heterocycles. The summed E-state index contributed by atoms with van der Waals surface area (Å²) in [5.41, 5.74) is 2.81. The van der Waals surface area contributed by atoms with Crippen molar-refractivity contribution < 1.29 is 0 Å². The third-order valence-corrected chi connectivity index (χ3v) is 8.31. The van der Waals surface area contributed by atoms with Gasteiger partial charge >= 0.3 is 0 Å². The first-order valence-corrected chi connectivity index (χ1v) is 12.8. The zero-order chi connectivity index (χ0) is 17.6. The van der Waals surface area contributed by atoms with Gasteiger partial charge in [0, 0.05) is 6.54 Å². The Balaban J connectivity index is 1.46. The molecule has 3 aromatic heterocycles. The Hall–Kier alpha value is 0.160. The molecule has 138 valence electrons. The van der Waals surface area contributed by atoms with Crippen molar-refractivity contribution >= 4 is 75.0 Å². The molecule has 5 heteroatoms. The molecule has 0 aliphatic rings. The van der Waals surface area contributed by atoms with Crippen molar-refractivity contribution in [1.29, 1.82) is 0 Å². The van der Waals surface area contributed by atoms with Crippen molar-refractivity contribution in [3.8, 4) is 0 Å². The van der Waals surface area contributed by atoms with Gasteiger partial charge in [0.25, 0.3) is 0 Å². The highest BCUT2D eigenvalue weighted by molar-refractivity contribution is 9.11.